The average Bonchev–Trinajstić information content (AvgIpc) is 2.69. The van der Waals surface area contributed by atoms with Gasteiger partial charge in [0.15, 0.2) is 6.61 Å². The molecule has 0 unspecified atom stereocenters. The molecule has 138 valence electrons. The minimum atomic E-state index is -0.657. The Morgan fingerprint density at radius 2 is 1.89 bits per heavy atom. The summed E-state index contributed by atoms with van der Waals surface area (Å²) in [5, 5.41) is 0.914. The molecule has 1 aromatic heterocycles. The second kappa shape index (κ2) is 8.40. The summed E-state index contributed by atoms with van der Waals surface area (Å²) in [5.41, 5.74) is 1.50. The number of ether oxygens (including phenoxy) is 1. The van der Waals surface area contributed by atoms with E-state index in [9.17, 15) is 14.0 Å². The number of esters is 1. The molecule has 0 saturated heterocycles. The summed E-state index contributed by atoms with van der Waals surface area (Å²) < 4.78 is 18.4. The third kappa shape index (κ3) is 4.67. The van der Waals surface area contributed by atoms with Crippen LogP contribution in [0.15, 0.2) is 60.7 Å². The number of carbonyl (C=O) groups is 2. The maximum absolute atomic E-state index is 13.3. The fourth-order valence-corrected chi connectivity index (χ4v) is 2.70. The summed E-state index contributed by atoms with van der Waals surface area (Å²) in [6.45, 7) is 2.08. The van der Waals surface area contributed by atoms with E-state index in [1.165, 1.54) is 17.0 Å². The van der Waals surface area contributed by atoms with E-state index in [1.807, 2.05) is 25.1 Å². The zero-order valence-corrected chi connectivity index (χ0v) is 14.9. The van der Waals surface area contributed by atoms with Crippen molar-refractivity contribution in [1.29, 1.82) is 0 Å². The molecule has 0 aliphatic rings. The zero-order chi connectivity index (χ0) is 19.2. The number of hydrogen-bond donors (Lipinski definition) is 0. The number of hydrogen-bond acceptors (Lipinski definition) is 4. The van der Waals surface area contributed by atoms with Crippen LogP contribution in [-0.4, -0.2) is 34.9 Å². The fourth-order valence-electron chi connectivity index (χ4n) is 2.70. The zero-order valence-electron chi connectivity index (χ0n) is 14.9. The second-order valence-corrected chi connectivity index (χ2v) is 6.00. The molecule has 5 nitrogen and oxygen atoms in total. The normalized spacial score (nSPS) is 10.6. The Labute approximate surface area is 156 Å². The van der Waals surface area contributed by atoms with Gasteiger partial charge in [0.25, 0.3) is 5.91 Å². The molecule has 0 radical (unpaired) electrons. The third-order valence-corrected chi connectivity index (χ3v) is 4.13. The number of rotatable bonds is 6. The van der Waals surface area contributed by atoms with Crippen molar-refractivity contribution in [3.63, 3.8) is 0 Å². The molecule has 3 aromatic rings. The van der Waals surface area contributed by atoms with E-state index in [-0.39, 0.29) is 24.0 Å². The Hall–Kier alpha value is -3.28. The summed E-state index contributed by atoms with van der Waals surface area (Å²) in [6, 6.07) is 16.8. The number of carbonyl (C=O) groups excluding carboxylic acids is 2. The first-order chi connectivity index (χ1) is 13.1. The van der Waals surface area contributed by atoms with Gasteiger partial charge >= 0.3 is 5.97 Å². The number of aromatic nitrogens is 1. The minimum Gasteiger partial charge on any atom is -0.451 e. The van der Waals surface area contributed by atoms with E-state index in [4.69, 9.17) is 4.74 Å². The average molecular weight is 366 g/mol. The SMILES string of the molecule is CCN(Cc1cccc(F)c1)C(=O)COC(=O)c1ccc2ccccc2n1. The standard InChI is InChI=1S/C21H19FN2O3/c1-2-24(13-15-6-5-8-17(22)12-15)20(25)14-27-21(26)19-11-10-16-7-3-4-9-18(16)23-19/h3-12H,2,13-14H2,1H3. The summed E-state index contributed by atoms with van der Waals surface area (Å²) in [7, 11) is 0. The maximum Gasteiger partial charge on any atom is 0.357 e. The lowest BCUT2D eigenvalue weighted by molar-refractivity contribution is -0.135. The second-order valence-electron chi connectivity index (χ2n) is 6.00. The molecule has 0 saturated carbocycles. The molecule has 27 heavy (non-hydrogen) atoms. The van der Waals surface area contributed by atoms with Crippen LogP contribution in [0, 0.1) is 5.82 Å². The van der Waals surface area contributed by atoms with Crippen molar-refractivity contribution in [2.75, 3.05) is 13.2 Å². The highest BCUT2D eigenvalue weighted by molar-refractivity contribution is 5.92. The van der Waals surface area contributed by atoms with Crippen molar-refractivity contribution in [2.24, 2.45) is 0 Å². The lowest BCUT2D eigenvalue weighted by Gasteiger charge is -2.20. The van der Waals surface area contributed by atoms with Gasteiger partial charge in [0.1, 0.15) is 11.5 Å². The molecular weight excluding hydrogens is 347 g/mol. The number of benzene rings is 2. The third-order valence-electron chi connectivity index (χ3n) is 4.13. The van der Waals surface area contributed by atoms with E-state index in [1.54, 1.807) is 30.3 Å². The van der Waals surface area contributed by atoms with Crippen molar-refractivity contribution < 1.29 is 18.7 Å². The molecule has 0 atom stereocenters. The summed E-state index contributed by atoms with van der Waals surface area (Å²) in [6.07, 6.45) is 0. The topological polar surface area (TPSA) is 59.5 Å². The molecule has 0 N–H and O–H groups in total. The number of amides is 1. The lowest BCUT2D eigenvalue weighted by Crippen LogP contribution is -2.34. The number of fused-ring (bicyclic) bond motifs is 1. The monoisotopic (exact) mass is 366 g/mol. The Morgan fingerprint density at radius 3 is 2.67 bits per heavy atom. The highest BCUT2D eigenvalue weighted by Crippen LogP contribution is 2.13. The van der Waals surface area contributed by atoms with E-state index < -0.39 is 12.6 Å². The summed E-state index contributed by atoms with van der Waals surface area (Å²) in [5.74, 6) is -1.36. The van der Waals surface area contributed by atoms with E-state index in [2.05, 4.69) is 4.98 Å². The number of para-hydroxylation sites is 1. The maximum atomic E-state index is 13.3. The Balaban J connectivity index is 1.61. The highest BCUT2D eigenvalue weighted by atomic mass is 19.1. The molecule has 0 fully saturated rings. The van der Waals surface area contributed by atoms with Crippen molar-refractivity contribution >= 4 is 22.8 Å². The van der Waals surface area contributed by atoms with Crippen LogP contribution in [0.2, 0.25) is 0 Å². The summed E-state index contributed by atoms with van der Waals surface area (Å²) in [4.78, 5) is 30.3. The van der Waals surface area contributed by atoms with Crippen molar-refractivity contribution in [1.82, 2.24) is 9.88 Å². The Bertz CT molecular complexity index is 974. The van der Waals surface area contributed by atoms with Gasteiger partial charge in [-0.15, -0.1) is 0 Å². The quantitative estimate of drug-likeness (QED) is 0.626. The molecule has 0 aliphatic heterocycles. The van der Waals surface area contributed by atoms with Gasteiger partial charge in [0, 0.05) is 18.5 Å². The van der Waals surface area contributed by atoms with Gasteiger partial charge in [0.2, 0.25) is 0 Å². The van der Waals surface area contributed by atoms with Crippen LogP contribution in [0.3, 0.4) is 0 Å². The minimum absolute atomic E-state index is 0.148. The van der Waals surface area contributed by atoms with Crippen LogP contribution in [0.5, 0.6) is 0 Å². The smallest absolute Gasteiger partial charge is 0.357 e. The molecule has 0 bridgehead atoms. The fraction of sp³-hybridized carbons (Fsp3) is 0.190. The van der Waals surface area contributed by atoms with Gasteiger partial charge in [-0.2, -0.15) is 0 Å². The molecule has 3 rings (SSSR count). The van der Waals surface area contributed by atoms with Gasteiger partial charge < -0.3 is 9.64 Å². The van der Waals surface area contributed by atoms with Gasteiger partial charge in [-0.3, -0.25) is 4.79 Å². The lowest BCUT2D eigenvalue weighted by atomic mass is 10.2. The van der Waals surface area contributed by atoms with Crippen LogP contribution in [0.4, 0.5) is 4.39 Å². The molecule has 0 aliphatic carbocycles. The van der Waals surface area contributed by atoms with Crippen LogP contribution in [-0.2, 0) is 16.1 Å². The number of likely N-dealkylation sites (N-methyl/N-ethyl adjacent to an activating group) is 1. The molecule has 1 amide bonds. The van der Waals surface area contributed by atoms with Crippen molar-refractivity contribution in [3.05, 3.63) is 77.7 Å². The predicted octanol–water partition coefficient (Wildman–Crippen LogP) is 3.58. The van der Waals surface area contributed by atoms with Gasteiger partial charge in [0.05, 0.1) is 5.52 Å². The number of halogens is 1. The van der Waals surface area contributed by atoms with E-state index in [0.29, 0.717) is 17.6 Å². The van der Waals surface area contributed by atoms with Crippen molar-refractivity contribution in [2.45, 2.75) is 13.5 Å². The first-order valence-corrected chi connectivity index (χ1v) is 8.62. The van der Waals surface area contributed by atoms with Crippen LogP contribution >= 0.6 is 0 Å². The van der Waals surface area contributed by atoms with E-state index in [0.717, 1.165) is 5.39 Å². The van der Waals surface area contributed by atoms with Crippen LogP contribution in [0.1, 0.15) is 23.0 Å². The largest absolute Gasteiger partial charge is 0.451 e. The van der Waals surface area contributed by atoms with Gasteiger partial charge in [-0.05, 0) is 36.8 Å². The molecule has 1 heterocycles. The number of pyridine rings is 1. The van der Waals surface area contributed by atoms with Crippen LogP contribution in [0.25, 0.3) is 10.9 Å². The van der Waals surface area contributed by atoms with E-state index >= 15 is 0 Å². The number of nitrogens with zero attached hydrogens (tertiary/aromatic N) is 2. The van der Waals surface area contributed by atoms with Crippen molar-refractivity contribution in [3.8, 4) is 0 Å². The van der Waals surface area contributed by atoms with Gasteiger partial charge in [-0.25, -0.2) is 14.2 Å². The molecule has 2 aromatic carbocycles. The first-order valence-electron chi connectivity index (χ1n) is 8.62. The molecular formula is C21H19FN2O3. The van der Waals surface area contributed by atoms with Crippen LogP contribution < -0.4 is 0 Å². The Kier molecular flexibility index (Phi) is 5.76. The van der Waals surface area contributed by atoms with Gasteiger partial charge in [-0.1, -0.05) is 36.4 Å². The molecule has 6 heteroatoms. The summed E-state index contributed by atoms with van der Waals surface area (Å²) >= 11 is 0. The Morgan fingerprint density at radius 1 is 1.07 bits per heavy atom. The highest BCUT2D eigenvalue weighted by Gasteiger charge is 2.17. The molecule has 0 spiro atoms. The predicted molar refractivity (Wildman–Crippen MR) is 99.5 cm³/mol. The first kappa shape index (κ1) is 18.5.